The van der Waals surface area contributed by atoms with E-state index in [4.69, 9.17) is 0 Å². The van der Waals surface area contributed by atoms with Crippen molar-refractivity contribution in [2.45, 2.75) is 39.8 Å². The average molecular weight is 251 g/mol. The number of carbonyl (C=O) groups excluding carboxylic acids is 1. The van der Waals surface area contributed by atoms with Crippen LogP contribution in [-0.2, 0) is 6.54 Å². The van der Waals surface area contributed by atoms with Crippen LogP contribution in [0, 0.1) is 12.8 Å². The Morgan fingerprint density at radius 3 is 2.67 bits per heavy atom. The zero-order valence-electron chi connectivity index (χ0n) is 11.5. The van der Waals surface area contributed by atoms with Crippen LogP contribution in [0.1, 0.15) is 37.0 Å². The Bertz CT molecular complexity index is 459. The fraction of sp³-hybridized carbons (Fsp3) is 0.692. The van der Waals surface area contributed by atoms with E-state index in [-0.39, 0.29) is 11.8 Å². The standard InChI is InChI=1S/C13H21N3O2/c1-5-16-11(6-10(4)14-16)12(17)15-7-13(18,8-15)9(2)3/h6,9,18H,5,7-8H2,1-4H3. The topological polar surface area (TPSA) is 58.4 Å². The second kappa shape index (κ2) is 4.39. The average Bonchev–Trinajstić information content (AvgIpc) is 2.65. The molecule has 0 spiro atoms. The number of aliphatic hydroxyl groups is 1. The highest BCUT2D eigenvalue weighted by molar-refractivity contribution is 5.93. The number of aryl methyl sites for hydroxylation is 2. The second-order valence-corrected chi connectivity index (χ2v) is 5.41. The van der Waals surface area contributed by atoms with E-state index in [2.05, 4.69) is 5.10 Å². The molecule has 0 saturated carbocycles. The minimum atomic E-state index is -0.720. The van der Waals surface area contributed by atoms with E-state index in [9.17, 15) is 9.90 Å². The first-order valence-corrected chi connectivity index (χ1v) is 6.43. The number of β-amino-alcohol motifs (C(OH)–C–C–N with tert-alkyl or cyclic N) is 1. The van der Waals surface area contributed by atoms with Crippen molar-refractivity contribution in [1.82, 2.24) is 14.7 Å². The first-order valence-electron chi connectivity index (χ1n) is 6.43. The lowest BCUT2D eigenvalue weighted by molar-refractivity contribution is -0.111. The van der Waals surface area contributed by atoms with E-state index in [0.29, 0.717) is 25.3 Å². The molecular weight excluding hydrogens is 230 g/mol. The third-order valence-electron chi connectivity index (χ3n) is 3.71. The van der Waals surface area contributed by atoms with E-state index in [1.54, 1.807) is 15.6 Å². The monoisotopic (exact) mass is 251 g/mol. The smallest absolute Gasteiger partial charge is 0.272 e. The van der Waals surface area contributed by atoms with Crippen LogP contribution in [0.25, 0.3) is 0 Å². The molecule has 2 rings (SSSR count). The second-order valence-electron chi connectivity index (χ2n) is 5.41. The molecule has 1 aliphatic heterocycles. The van der Waals surface area contributed by atoms with Crippen LogP contribution in [0.2, 0.25) is 0 Å². The molecule has 2 heterocycles. The Kier molecular flexibility index (Phi) is 3.19. The number of amides is 1. The van der Waals surface area contributed by atoms with Gasteiger partial charge in [0.05, 0.1) is 18.8 Å². The van der Waals surface area contributed by atoms with Crippen molar-refractivity contribution >= 4 is 5.91 Å². The van der Waals surface area contributed by atoms with Gasteiger partial charge < -0.3 is 10.0 Å². The maximum absolute atomic E-state index is 12.3. The van der Waals surface area contributed by atoms with Crippen molar-refractivity contribution in [1.29, 1.82) is 0 Å². The van der Waals surface area contributed by atoms with Crippen LogP contribution in [-0.4, -0.2) is 44.4 Å². The van der Waals surface area contributed by atoms with Crippen molar-refractivity contribution in [3.05, 3.63) is 17.5 Å². The minimum Gasteiger partial charge on any atom is -0.386 e. The highest BCUT2D eigenvalue weighted by Crippen LogP contribution is 2.29. The van der Waals surface area contributed by atoms with Gasteiger partial charge >= 0.3 is 0 Å². The van der Waals surface area contributed by atoms with Gasteiger partial charge in [0, 0.05) is 6.54 Å². The highest BCUT2D eigenvalue weighted by Gasteiger charge is 2.46. The molecule has 1 amide bonds. The third kappa shape index (κ3) is 2.03. The number of aromatic nitrogens is 2. The Morgan fingerprint density at radius 1 is 1.56 bits per heavy atom. The molecule has 1 fully saturated rings. The van der Waals surface area contributed by atoms with Crippen molar-refractivity contribution in [3.63, 3.8) is 0 Å². The van der Waals surface area contributed by atoms with Gasteiger partial charge in [0.1, 0.15) is 11.3 Å². The molecule has 5 nitrogen and oxygen atoms in total. The zero-order valence-corrected chi connectivity index (χ0v) is 11.5. The summed E-state index contributed by atoms with van der Waals surface area (Å²) in [5.74, 6) is 0.127. The van der Waals surface area contributed by atoms with Gasteiger partial charge in [0.15, 0.2) is 0 Å². The summed E-state index contributed by atoms with van der Waals surface area (Å²) in [6.07, 6.45) is 0. The number of rotatable bonds is 3. The molecular formula is C13H21N3O2. The maximum atomic E-state index is 12.3. The first-order chi connectivity index (χ1) is 8.37. The van der Waals surface area contributed by atoms with Gasteiger partial charge in [-0.15, -0.1) is 0 Å². The van der Waals surface area contributed by atoms with Crippen LogP contribution >= 0.6 is 0 Å². The summed E-state index contributed by atoms with van der Waals surface area (Å²) >= 11 is 0. The number of likely N-dealkylation sites (tertiary alicyclic amines) is 1. The molecule has 0 aromatic carbocycles. The fourth-order valence-electron chi connectivity index (χ4n) is 2.24. The molecule has 1 N–H and O–H groups in total. The van der Waals surface area contributed by atoms with Gasteiger partial charge in [-0.1, -0.05) is 13.8 Å². The molecule has 100 valence electrons. The number of hydrogen-bond donors (Lipinski definition) is 1. The van der Waals surface area contributed by atoms with Crippen LogP contribution in [0.15, 0.2) is 6.07 Å². The normalized spacial score (nSPS) is 18.0. The summed E-state index contributed by atoms with van der Waals surface area (Å²) in [6, 6.07) is 1.80. The van der Waals surface area contributed by atoms with Crippen molar-refractivity contribution in [3.8, 4) is 0 Å². The van der Waals surface area contributed by atoms with Crippen LogP contribution in [0.3, 0.4) is 0 Å². The van der Waals surface area contributed by atoms with Crippen molar-refractivity contribution in [2.24, 2.45) is 5.92 Å². The summed E-state index contributed by atoms with van der Waals surface area (Å²) in [4.78, 5) is 14.0. The first kappa shape index (κ1) is 13.1. The maximum Gasteiger partial charge on any atom is 0.272 e. The summed E-state index contributed by atoms with van der Waals surface area (Å²) in [5, 5.41) is 14.4. The molecule has 1 aromatic heterocycles. The lowest BCUT2D eigenvalue weighted by Crippen LogP contribution is -2.66. The molecule has 18 heavy (non-hydrogen) atoms. The van der Waals surface area contributed by atoms with Crippen molar-refractivity contribution < 1.29 is 9.90 Å². The summed E-state index contributed by atoms with van der Waals surface area (Å²) < 4.78 is 1.71. The molecule has 0 atom stereocenters. The zero-order chi connectivity index (χ0) is 13.5. The summed E-state index contributed by atoms with van der Waals surface area (Å²) in [5.41, 5.74) is 0.738. The number of hydrogen-bond acceptors (Lipinski definition) is 3. The lowest BCUT2D eigenvalue weighted by atomic mass is 9.83. The van der Waals surface area contributed by atoms with E-state index in [1.807, 2.05) is 27.7 Å². The molecule has 1 saturated heterocycles. The van der Waals surface area contributed by atoms with Gasteiger partial charge in [-0.05, 0) is 25.8 Å². The molecule has 0 aliphatic carbocycles. The summed E-state index contributed by atoms with van der Waals surface area (Å²) in [7, 11) is 0. The van der Waals surface area contributed by atoms with E-state index < -0.39 is 5.60 Å². The van der Waals surface area contributed by atoms with E-state index in [1.165, 1.54) is 0 Å². The van der Waals surface area contributed by atoms with Gasteiger partial charge in [-0.2, -0.15) is 5.10 Å². The quantitative estimate of drug-likeness (QED) is 0.873. The largest absolute Gasteiger partial charge is 0.386 e. The predicted octanol–water partition coefficient (Wildman–Crippen LogP) is 1.05. The van der Waals surface area contributed by atoms with Gasteiger partial charge in [0.25, 0.3) is 5.91 Å². The Balaban J connectivity index is 2.10. The van der Waals surface area contributed by atoms with Gasteiger partial charge in [0.2, 0.25) is 0 Å². The Labute approximate surface area is 107 Å². The van der Waals surface area contributed by atoms with E-state index in [0.717, 1.165) is 5.69 Å². The Morgan fingerprint density at radius 2 is 2.17 bits per heavy atom. The van der Waals surface area contributed by atoms with Crippen LogP contribution < -0.4 is 0 Å². The predicted molar refractivity (Wildman–Crippen MR) is 68.3 cm³/mol. The molecule has 1 aliphatic rings. The Hall–Kier alpha value is -1.36. The molecule has 0 bridgehead atoms. The minimum absolute atomic E-state index is 0.0391. The molecule has 1 aromatic rings. The van der Waals surface area contributed by atoms with E-state index >= 15 is 0 Å². The molecule has 5 heteroatoms. The summed E-state index contributed by atoms with van der Waals surface area (Å²) in [6.45, 7) is 9.30. The number of nitrogens with zero attached hydrogens (tertiary/aromatic N) is 3. The SMILES string of the molecule is CCn1nc(C)cc1C(=O)N1CC(O)(C(C)C)C1. The van der Waals surface area contributed by atoms with Crippen molar-refractivity contribution in [2.75, 3.05) is 13.1 Å². The lowest BCUT2D eigenvalue weighted by Gasteiger charge is -2.48. The molecule has 0 unspecified atom stereocenters. The van der Waals surface area contributed by atoms with Gasteiger partial charge in [-0.25, -0.2) is 0 Å². The van der Waals surface area contributed by atoms with Gasteiger partial charge in [-0.3, -0.25) is 9.48 Å². The van der Waals surface area contributed by atoms with Crippen LogP contribution in [0.4, 0.5) is 0 Å². The highest BCUT2D eigenvalue weighted by atomic mass is 16.3. The van der Waals surface area contributed by atoms with Crippen LogP contribution in [0.5, 0.6) is 0 Å². The fourth-order valence-corrected chi connectivity index (χ4v) is 2.24. The third-order valence-corrected chi connectivity index (χ3v) is 3.71. The number of carbonyl (C=O) groups is 1. The molecule has 0 radical (unpaired) electrons.